The van der Waals surface area contributed by atoms with Crippen LogP contribution in [0.15, 0.2) is 103 Å². The highest BCUT2D eigenvalue weighted by molar-refractivity contribution is 6.39. The number of nitrogens with one attached hydrogen (secondary N) is 1. The summed E-state index contributed by atoms with van der Waals surface area (Å²) in [6.45, 7) is 0.452. The highest BCUT2D eigenvalue weighted by atomic mass is 16.5. The molecule has 3 N–H and O–H groups in total. The summed E-state index contributed by atoms with van der Waals surface area (Å²) in [5, 5.41) is 1.07. The van der Waals surface area contributed by atoms with Crippen molar-refractivity contribution in [1.29, 1.82) is 0 Å². The molecule has 0 spiro atoms. The second kappa shape index (κ2) is 8.78. The highest BCUT2D eigenvalue weighted by Crippen LogP contribution is 2.46. The lowest BCUT2D eigenvalue weighted by Gasteiger charge is -2.18. The second-order valence-electron chi connectivity index (χ2n) is 8.87. The van der Waals surface area contributed by atoms with Crippen LogP contribution < -0.4 is 15.4 Å². The van der Waals surface area contributed by atoms with E-state index in [-0.39, 0.29) is 5.91 Å². The molecule has 6 rings (SSSR count). The van der Waals surface area contributed by atoms with Gasteiger partial charge in [-0.2, -0.15) is 0 Å². The molecule has 5 heteroatoms. The molecule has 1 aromatic heterocycles. The third kappa shape index (κ3) is 3.62. The maximum absolute atomic E-state index is 14.3. The molecule has 0 radical (unpaired) electrons. The summed E-state index contributed by atoms with van der Waals surface area (Å²) < 4.78 is 5.52. The van der Waals surface area contributed by atoms with Crippen LogP contribution >= 0.6 is 0 Å². The van der Waals surface area contributed by atoms with E-state index in [9.17, 15) is 4.79 Å². The molecule has 0 saturated carbocycles. The Kier molecular flexibility index (Phi) is 5.30. The summed E-state index contributed by atoms with van der Waals surface area (Å²) in [4.78, 5) is 19.6. The van der Waals surface area contributed by atoms with Gasteiger partial charge in [0.05, 0.1) is 24.9 Å². The Hall–Kier alpha value is -4.77. The predicted octanol–water partition coefficient (Wildman–Crippen LogP) is 6.26. The number of ether oxygens (including phenoxy) is 1. The second-order valence-corrected chi connectivity index (χ2v) is 8.87. The van der Waals surface area contributed by atoms with Crippen molar-refractivity contribution >= 4 is 39.3 Å². The smallest absolute Gasteiger partial charge is 0.260 e. The molecule has 0 saturated heterocycles. The van der Waals surface area contributed by atoms with Crippen LogP contribution in [0.1, 0.15) is 22.4 Å². The van der Waals surface area contributed by atoms with Gasteiger partial charge in [-0.05, 0) is 35.9 Å². The Morgan fingerprint density at radius 1 is 0.889 bits per heavy atom. The average molecular weight is 472 g/mol. The summed E-state index contributed by atoms with van der Waals surface area (Å²) in [6.07, 6.45) is 0. The molecule has 2 heterocycles. The largest absolute Gasteiger partial charge is 0.497 e. The van der Waals surface area contributed by atoms with Crippen molar-refractivity contribution in [3.05, 3.63) is 126 Å². The van der Waals surface area contributed by atoms with E-state index in [1.54, 1.807) is 7.11 Å². The maximum atomic E-state index is 14.3. The third-order valence-electron chi connectivity index (χ3n) is 6.69. The monoisotopic (exact) mass is 471 g/mol. The minimum absolute atomic E-state index is 0.0704. The molecule has 4 aromatic carbocycles. The number of H-pyrrole nitrogens is 1. The number of nitrogens with two attached hydrogens (primary N) is 1. The quantitative estimate of drug-likeness (QED) is 0.235. The van der Waals surface area contributed by atoms with E-state index in [1.807, 2.05) is 95.9 Å². The fourth-order valence-corrected chi connectivity index (χ4v) is 4.94. The minimum atomic E-state index is -0.0704. The first-order valence-corrected chi connectivity index (χ1v) is 11.9. The molecule has 5 aromatic rings. The van der Waals surface area contributed by atoms with Gasteiger partial charge in [0.15, 0.2) is 0 Å². The van der Waals surface area contributed by atoms with Crippen LogP contribution in [0.3, 0.4) is 0 Å². The van der Waals surface area contributed by atoms with Crippen molar-refractivity contribution in [1.82, 2.24) is 4.98 Å². The lowest BCUT2D eigenvalue weighted by Crippen LogP contribution is -2.26. The number of fused-ring (bicyclic) bond motifs is 2. The molecule has 176 valence electrons. The standard InChI is InChI=1S/C31H25N3O2/c1-36-22-15-16-24-28(18-22)34(19-20-9-3-2-4-10-20)31(35)30(24)29(23-12-6-7-13-25(23)32)27-17-21-11-5-8-14-26(21)33-27/h2-18,33H,19,32H2,1H3/b30-29-. The summed E-state index contributed by atoms with van der Waals surface area (Å²) >= 11 is 0. The zero-order valence-electron chi connectivity index (χ0n) is 19.9. The number of carbonyl (C=O) groups excluding carboxylic acids is 1. The molecule has 0 fully saturated rings. The molecular formula is C31H25N3O2. The van der Waals surface area contributed by atoms with Crippen molar-refractivity contribution in [3.8, 4) is 5.75 Å². The number of nitrogen functional groups attached to an aromatic ring is 1. The molecule has 1 aliphatic heterocycles. The van der Waals surface area contributed by atoms with Crippen LogP contribution in [0.4, 0.5) is 11.4 Å². The SMILES string of the molecule is COc1ccc2c(c1)N(Cc1ccccc1)C(=O)/C2=C(\c1cc2ccccc2[nH]1)c1ccccc1N. The number of nitrogens with zero attached hydrogens (tertiary/aromatic N) is 1. The van der Waals surface area contributed by atoms with Crippen molar-refractivity contribution in [2.45, 2.75) is 6.54 Å². The van der Waals surface area contributed by atoms with E-state index in [1.165, 1.54) is 0 Å². The minimum Gasteiger partial charge on any atom is -0.497 e. The van der Waals surface area contributed by atoms with Crippen LogP contribution in [0.2, 0.25) is 0 Å². The number of para-hydroxylation sites is 2. The van der Waals surface area contributed by atoms with Gasteiger partial charge in [-0.25, -0.2) is 0 Å². The number of methoxy groups -OCH3 is 1. The van der Waals surface area contributed by atoms with Gasteiger partial charge in [-0.15, -0.1) is 0 Å². The lowest BCUT2D eigenvalue weighted by molar-refractivity contribution is -0.113. The van der Waals surface area contributed by atoms with Crippen LogP contribution in [0, 0.1) is 0 Å². The number of hydrogen-bond acceptors (Lipinski definition) is 3. The molecule has 0 bridgehead atoms. The molecule has 5 nitrogen and oxygen atoms in total. The predicted molar refractivity (Wildman–Crippen MR) is 146 cm³/mol. The first-order valence-electron chi connectivity index (χ1n) is 11.9. The van der Waals surface area contributed by atoms with Gasteiger partial charge in [0.2, 0.25) is 0 Å². The van der Waals surface area contributed by atoms with Gasteiger partial charge in [-0.3, -0.25) is 4.79 Å². The van der Waals surface area contributed by atoms with Crippen molar-refractivity contribution < 1.29 is 9.53 Å². The van der Waals surface area contributed by atoms with E-state index >= 15 is 0 Å². The molecule has 36 heavy (non-hydrogen) atoms. The van der Waals surface area contributed by atoms with E-state index in [0.29, 0.717) is 23.6 Å². The number of rotatable bonds is 5. The van der Waals surface area contributed by atoms with Crippen molar-refractivity contribution in [3.63, 3.8) is 0 Å². The molecular weight excluding hydrogens is 446 g/mol. The number of aromatic amines is 1. The van der Waals surface area contributed by atoms with Crippen LogP contribution in [-0.2, 0) is 11.3 Å². The number of amides is 1. The number of anilines is 2. The first-order chi connectivity index (χ1) is 17.6. The highest BCUT2D eigenvalue weighted by Gasteiger charge is 2.36. The van der Waals surface area contributed by atoms with E-state index in [4.69, 9.17) is 10.5 Å². The zero-order valence-corrected chi connectivity index (χ0v) is 19.9. The lowest BCUT2D eigenvalue weighted by atomic mass is 9.92. The molecule has 1 aliphatic rings. The maximum Gasteiger partial charge on any atom is 0.260 e. The van der Waals surface area contributed by atoms with Crippen LogP contribution in [-0.4, -0.2) is 18.0 Å². The Labute approximate surface area is 209 Å². The fourth-order valence-electron chi connectivity index (χ4n) is 4.94. The van der Waals surface area contributed by atoms with Gasteiger partial charge >= 0.3 is 0 Å². The summed E-state index contributed by atoms with van der Waals surface area (Å²) in [7, 11) is 1.64. The topological polar surface area (TPSA) is 71.3 Å². The summed E-state index contributed by atoms with van der Waals surface area (Å²) in [5.74, 6) is 0.631. The fraction of sp³-hybridized carbons (Fsp3) is 0.0645. The van der Waals surface area contributed by atoms with Crippen molar-refractivity contribution in [2.75, 3.05) is 17.7 Å². The number of carbonyl (C=O) groups is 1. The molecule has 1 amide bonds. The Morgan fingerprint density at radius 3 is 2.42 bits per heavy atom. The van der Waals surface area contributed by atoms with Crippen molar-refractivity contribution in [2.24, 2.45) is 0 Å². The third-order valence-corrected chi connectivity index (χ3v) is 6.69. The van der Waals surface area contributed by atoms with Gasteiger partial charge < -0.3 is 20.4 Å². The normalized spacial score (nSPS) is 14.2. The van der Waals surface area contributed by atoms with E-state index in [2.05, 4.69) is 17.1 Å². The van der Waals surface area contributed by atoms with Crippen LogP contribution in [0.5, 0.6) is 5.75 Å². The van der Waals surface area contributed by atoms with Gasteiger partial charge in [0.1, 0.15) is 5.75 Å². The molecule has 0 atom stereocenters. The Bertz CT molecular complexity index is 1600. The zero-order chi connectivity index (χ0) is 24.6. The molecule has 0 aliphatic carbocycles. The van der Waals surface area contributed by atoms with Gasteiger partial charge in [0.25, 0.3) is 5.91 Å². The van der Waals surface area contributed by atoms with Gasteiger partial charge in [-0.1, -0.05) is 66.7 Å². The van der Waals surface area contributed by atoms with Crippen LogP contribution in [0.25, 0.3) is 22.0 Å². The summed E-state index contributed by atoms with van der Waals surface area (Å²) in [6, 6.07) is 33.7. The number of benzene rings is 4. The van der Waals surface area contributed by atoms with Gasteiger partial charge in [0, 0.05) is 45.1 Å². The average Bonchev–Trinajstić information content (AvgIpc) is 3.45. The molecule has 0 unspecified atom stereocenters. The van der Waals surface area contributed by atoms with E-state index < -0.39 is 0 Å². The van der Waals surface area contributed by atoms with E-state index in [0.717, 1.165) is 44.5 Å². The Morgan fingerprint density at radius 2 is 1.64 bits per heavy atom. The Balaban J connectivity index is 1.63. The number of aromatic nitrogens is 1. The summed E-state index contributed by atoms with van der Waals surface area (Å²) in [5.41, 5.74) is 13.9. The first kappa shape index (κ1) is 21.7. The number of hydrogen-bond donors (Lipinski definition) is 2.